The number of carbonyl (C=O) groups is 1. The molecule has 1 unspecified atom stereocenters. The van der Waals surface area contributed by atoms with Crippen LogP contribution in [0.1, 0.15) is 19.8 Å². The van der Waals surface area contributed by atoms with E-state index in [9.17, 15) is 4.79 Å². The predicted octanol–water partition coefficient (Wildman–Crippen LogP) is 2.39. The van der Waals surface area contributed by atoms with Crippen molar-refractivity contribution in [1.29, 1.82) is 0 Å². The Balaban J connectivity index is 1.69. The molecule has 2 aromatic rings. The average molecular weight is 335 g/mol. The molecule has 0 bridgehead atoms. The Morgan fingerprint density at radius 1 is 1.52 bits per heavy atom. The van der Waals surface area contributed by atoms with Crippen LogP contribution in [0.25, 0.3) is 10.2 Å². The van der Waals surface area contributed by atoms with Gasteiger partial charge in [0.2, 0.25) is 5.91 Å². The highest BCUT2D eigenvalue weighted by molar-refractivity contribution is 7.22. The summed E-state index contributed by atoms with van der Waals surface area (Å²) < 4.78 is 11.8. The molecule has 1 aromatic heterocycles. The van der Waals surface area contributed by atoms with Crippen molar-refractivity contribution in [2.45, 2.75) is 25.8 Å². The molecule has 1 atom stereocenters. The maximum atomic E-state index is 12.3. The van der Waals surface area contributed by atoms with E-state index >= 15 is 0 Å². The quantitative estimate of drug-likeness (QED) is 0.876. The van der Waals surface area contributed by atoms with Crippen LogP contribution in [-0.4, -0.2) is 36.8 Å². The second-order valence-electron chi connectivity index (χ2n) is 5.55. The Kier molecular flexibility index (Phi) is 5.09. The van der Waals surface area contributed by atoms with Crippen molar-refractivity contribution in [3.05, 3.63) is 18.2 Å². The summed E-state index contributed by atoms with van der Waals surface area (Å²) in [6.07, 6.45) is 1.65. The molecule has 0 saturated carbocycles. The van der Waals surface area contributed by atoms with Crippen molar-refractivity contribution >= 4 is 32.6 Å². The van der Waals surface area contributed by atoms with E-state index in [1.165, 1.54) is 11.3 Å². The van der Waals surface area contributed by atoms with Crippen molar-refractivity contribution in [1.82, 2.24) is 4.98 Å². The minimum Gasteiger partial charge on any atom is -0.494 e. The van der Waals surface area contributed by atoms with Crippen LogP contribution in [0, 0.1) is 5.92 Å². The number of thiazole rings is 1. The first-order chi connectivity index (χ1) is 11.2. The van der Waals surface area contributed by atoms with Crippen molar-refractivity contribution in [2.24, 2.45) is 11.7 Å². The number of nitrogens with two attached hydrogens (primary N) is 1. The number of hydrogen-bond donors (Lipinski definition) is 2. The molecule has 0 spiro atoms. The molecule has 1 fully saturated rings. The van der Waals surface area contributed by atoms with E-state index in [1.807, 2.05) is 25.1 Å². The summed E-state index contributed by atoms with van der Waals surface area (Å²) in [7, 11) is 0. The molecular formula is C16H21N3O3S. The average Bonchev–Trinajstić information content (AvgIpc) is 2.96. The lowest BCUT2D eigenvalue weighted by Crippen LogP contribution is -2.43. The molecule has 0 radical (unpaired) electrons. The van der Waals surface area contributed by atoms with Crippen molar-refractivity contribution in [3.63, 3.8) is 0 Å². The van der Waals surface area contributed by atoms with Gasteiger partial charge in [-0.05, 0) is 43.9 Å². The minimum atomic E-state index is -0.523. The molecule has 1 saturated heterocycles. The molecule has 0 aliphatic carbocycles. The van der Waals surface area contributed by atoms with Crippen molar-refractivity contribution < 1.29 is 14.3 Å². The zero-order chi connectivity index (χ0) is 16.2. The van der Waals surface area contributed by atoms with E-state index in [0.29, 0.717) is 25.0 Å². The van der Waals surface area contributed by atoms with Crippen LogP contribution in [-0.2, 0) is 9.53 Å². The molecule has 1 amide bonds. The second kappa shape index (κ2) is 7.25. The van der Waals surface area contributed by atoms with Crippen LogP contribution >= 0.6 is 11.3 Å². The largest absolute Gasteiger partial charge is 0.494 e. The van der Waals surface area contributed by atoms with Crippen molar-refractivity contribution in [3.8, 4) is 5.75 Å². The first-order valence-electron chi connectivity index (χ1n) is 7.85. The monoisotopic (exact) mass is 335 g/mol. The molecule has 3 N–H and O–H groups in total. The maximum Gasteiger partial charge on any atom is 0.243 e. The van der Waals surface area contributed by atoms with Gasteiger partial charge in [-0.2, -0.15) is 0 Å². The van der Waals surface area contributed by atoms with Crippen LogP contribution in [0.4, 0.5) is 5.13 Å². The van der Waals surface area contributed by atoms with E-state index in [-0.39, 0.29) is 11.8 Å². The Bertz CT molecular complexity index is 682. The molecule has 124 valence electrons. The second-order valence-corrected chi connectivity index (χ2v) is 6.58. The van der Waals surface area contributed by atoms with Gasteiger partial charge in [-0.25, -0.2) is 4.98 Å². The number of amides is 1. The highest BCUT2D eigenvalue weighted by Gasteiger charge is 2.27. The van der Waals surface area contributed by atoms with Crippen molar-refractivity contribution in [2.75, 3.05) is 25.1 Å². The number of anilines is 1. The van der Waals surface area contributed by atoms with Crippen LogP contribution in [0.3, 0.4) is 0 Å². The Labute approximate surface area is 139 Å². The summed E-state index contributed by atoms with van der Waals surface area (Å²) in [6, 6.07) is 5.19. The molecule has 6 nitrogen and oxygen atoms in total. The normalized spacial score (nSPS) is 17.1. The molecule has 2 heterocycles. The lowest BCUT2D eigenvalue weighted by molar-refractivity contribution is -0.119. The fourth-order valence-corrected chi connectivity index (χ4v) is 3.59. The SMILES string of the molecule is CCOc1ccc2nc(NC(=O)C(N)C3CCOCC3)sc2c1. The van der Waals surface area contributed by atoms with E-state index in [1.54, 1.807) is 0 Å². The van der Waals surface area contributed by atoms with Gasteiger partial charge < -0.3 is 20.5 Å². The third-order valence-electron chi connectivity index (χ3n) is 3.98. The predicted molar refractivity (Wildman–Crippen MR) is 90.9 cm³/mol. The van der Waals surface area contributed by atoms with E-state index in [2.05, 4.69) is 10.3 Å². The summed E-state index contributed by atoms with van der Waals surface area (Å²) in [5.41, 5.74) is 6.93. The number of rotatable bonds is 5. The molecule has 7 heteroatoms. The highest BCUT2D eigenvalue weighted by atomic mass is 32.1. The fourth-order valence-electron chi connectivity index (χ4n) is 2.69. The number of nitrogens with zero attached hydrogens (tertiary/aromatic N) is 1. The third-order valence-corrected chi connectivity index (χ3v) is 4.91. The van der Waals surface area contributed by atoms with Gasteiger partial charge in [-0.3, -0.25) is 4.79 Å². The third kappa shape index (κ3) is 3.80. The number of nitrogens with one attached hydrogen (secondary N) is 1. The topological polar surface area (TPSA) is 86.5 Å². The van der Waals surface area contributed by atoms with E-state index in [0.717, 1.165) is 28.8 Å². The van der Waals surface area contributed by atoms with Gasteiger partial charge in [0.15, 0.2) is 5.13 Å². The fraction of sp³-hybridized carbons (Fsp3) is 0.500. The number of fused-ring (bicyclic) bond motifs is 1. The maximum absolute atomic E-state index is 12.3. The number of ether oxygens (including phenoxy) is 2. The van der Waals surface area contributed by atoms with E-state index < -0.39 is 6.04 Å². The zero-order valence-corrected chi connectivity index (χ0v) is 13.9. The summed E-state index contributed by atoms with van der Waals surface area (Å²) in [4.78, 5) is 16.8. The van der Waals surface area contributed by atoms with Gasteiger partial charge in [-0.15, -0.1) is 0 Å². The zero-order valence-electron chi connectivity index (χ0n) is 13.1. The first kappa shape index (κ1) is 16.2. The lowest BCUT2D eigenvalue weighted by Gasteiger charge is -2.26. The van der Waals surface area contributed by atoms with Crippen LogP contribution in [0.2, 0.25) is 0 Å². The lowest BCUT2D eigenvalue weighted by atomic mass is 9.92. The molecule has 1 aliphatic rings. The van der Waals surface area contributed by atoms with Gasteiger partial charge in [-0.1, -0.05) is 11.3 Å². The highest BCUT2D eigenvalue weighted by Crippen LogP contribution is 2.29. The van der Waals surface area contributed by atoms with Gasteiger partial charge in [0.1, 0.15) is 5.75 Å². The Morgan fingerprint density at radius 2 is 2.30 bits per heavy atom. The Hall–Kier alpha value is -1.70. The Morgan fingerprint density at radius 3 is 3.04 bits per heavy atom. The molecule has 3 rings (SSSR count). The minimum absolute atomic E-state index is 0.169. The summed E-state index contributed by atoms with van der Waals surface area (Å²) in [6.45, 7) is 3.91. The summed E-state index contributed by atoms with van der Waals surface area (Å²) >= 11 is 1.43. The first-order valence-corrected chi connectivity index (χ1v) is 8.66. The van der Waals surface area contributed by atoms with Gasteiger partial charge in [0, 0.05) is 13.2 Å². The number of hydrogen-bond acceptors (Lipinski definition) is 6. The summed E-state index contributed by atoms with van der Waals surface area (Å²) in [5.74, 6) is 0.795. The van der Waals surface area contributed by atoms with Gasteiger partial charge >= 0.3 is 0 Å². The van der Waals surface area contributed by atoms with E-state index in [4.69, 9.17) is 15.2 Å². The molecule has 1 aliphatic heterocycles. The van der Waals surface area contributed by atoms with Crippen LogP contribution < -0.4 is 15.8 Å². The van der Waals surface area contributed by atoms with Crippen LogP contribution in [0.5, 0.6) is 5.75 Å². The molecule has 23 heavy (non-hydrogen) atoms. The number of aromatic nitrogens is 1. The van der Waals surface area contributed by atoms with Gasteiger partial charge in [0.25, 0.3) is 0 Å². The smallest absolute Gasteiger partial charge is 0.243 e. The molecular weight excluding hydrogens is 314 g/mol. The van der Waals surface area contributed by atoms with Gasteiger partial charge in [0.05, 0.1) is 22.9 Å². The number of benzene rings is 1. The van der Waals surface area contributed by atoms with Crippen LogP contribution in [0.15, 0.2) is 18.2 Å². The number of carbonyl (C=O) groups excluding carboxylic acids is 1. The summed E-state index contributed by atoms with van der Waals surface area (Å²) in [5, 5.41) is 3.41. The standard InChI is InChI=1S/C16H21N3O3S/c1-2-22-11-3-4-12-13(9-11)23-16(18-12)19-15(20)14(17)10-5-7-21-8-6-10/h3-4,9-10,14H,2,5-8,17H2,1H3,(H,18,19,20). The molecule has 1 aromatic carbocycles.